The summed E-state index contributed by atoms with van der Waals surface area (Å²) in [6, 6.07) is 3.14. The Hall–Kier alpha value is -3.02. The third-order valence-corrected chi connectivity index (χ3v) is 4.00. The topological polar surface area (TPSA) is 84.6 Å². The summed E-state index contributed by atoms with van der Waals surface area (Å²) in [5.74, 6) is -1.83. The second-order valence-electron chi connectivity index (χ2n) is 6.64. The smallest absolute Gasteiger partial charge is 0.387 e. The lowest BCUT2D eigenvalue weighted by Gasteiger charge is -2.31. The van der Waals surface area contributed by atoms with Gasteiger partial charge in [-0.3, -0.25) is 0 Å². The second-order valence-corrected chi connectivity index (χ2v) is 6.64. The number of rotatable bonds is 7. The molecule has 3 aromatic rings. The largest absolute Gasteiger partial charge is 0.432 e. The number of nitrogens with zero attached hydrogens (tertiary/aromatic N) is 4. The van der Waals surface area contributed by atoms with Crippen LogP contribution in [-0.4, -0.2) is 36.9 Å². The summed E-state index contributed by atoms with van der Waals surface area (Å²) in [4.78, 5) is 7.46. The van der Waals surface area contributed by atoms with Crippen molar-refractivity contribution in [2.75, 3.05) is 5.32 Å². The van der Waals surface area contributed by atoms with Crippen LogP contribution in [0.25, 0.3) is 5.78 Å². The van der Waals surface area contributed by atoms with Gasteiger partial charge in [-0.05, 0) is 31.5 Å². The van der Waals surface area contributed by atoms with E-state index in [1.165, 1.54) is 19.9 Å². The minimum absolute atomic E-state index is 0.0169. The summed E-state index contributed by atoms with van der Waals surface area (Å²) < 4.78 is 70.3. The highest BCUT2D eigenvalue weighted by atomic mass is 19.3. The summed E-state index contributed by atoms with van der Waals surface area (Å²) in [7, 11) is 0. The highest BCUT2D eigenvalue weighted by molar-refractivity contribution is 5.48. The molecule has 2 heterocycles. The van der Waals surface area contributed by atoms with Gasteiger partial charge in [0.05, 0.1) is 11.6 Å². The van der Waals surface area contributed by atoms with Crippen molar-refractivity contribution < 1.29 is 31.8 Å². The van der Waals surface area contributed by atoms with Crippen molar-refractivity contribution >= 4 is 11.6 Å². The third-order valence-electron chi connectivity index (χ3n) is 4.00. The number of fused-ring (bicyclic) bond motifs is 1. The number of alkyl halides is 4. The molecule has 2 aromatic heterocycles. The van der Waals surface area contributed by atoms with Crippen LogP contribution in [0.5, 0.6) is 5.75 Å². The van der Waals surface area contributed by atoms with Crippen LogP contribution >= 0.6 is 0 Å². The van der Waals surface area contributed by atoms with Crippen molar-refractivity contribution in [3.05, 3.63) is 47.7 Å². The number of benzene rings is 1. The highest BCUT2D eigenvalue weighted by Crippen LogP contribution is 2.33. The van der Waals surface area contributed by atoms with Crippen LogP contribution in [0.3, 0.4) is 0 Å². The first-order valence-corrected chi connectivity index (χ1v) is 8.28. The molecule has 7 nitrogen and oxygen atoms in total. The van der Waals surface area contributed by atoms with Crippen LogP contribution in [0.4, 0.5) is 27.8 Å². The second kappa shape index (κ2) is 7.78. The molecule has 0 unspecified atom stereocenters. The lowest BCUT2D eigenvalue weighted by molar-refractivity contribution is -0.0522. The van der Waals surface area contributed by atoms with Gasteiger partial charge in [-0.1, -0.05) is 6.07 Å². The van der Waals surface area contributed by atoms with Gasteiger partial charge < -0.3 is 15.2 Å². The fourth-order valence-electron chi connectivity index (χ4n) is 2.75. The lowest BCUT2D eigenvalue weighted by atomic mass is 9.91. The van der Waals surface area contributed by atoms with E-state index < -0.39 is 41.9 Å². The highest BCUT2D eigenvalue weighted by Gasteiger charge is 2.31. The lowest BCUT2D eigenvalue weighted by Crippen LogP contribution is -2.35. The maximum Gasteiger partial charge on any atom is 0.387 e. The summed E-state index contributed by atoms with van der Waals surface area (Å²) in [6.07, 6.45) is -1.78. The predicted molar refractivity (Wildman–Crippen MR) is 91.4 cm³/mol. The molecule has 0 spiro atoms. The van der Waals surface area contributed by atoms with Crippen LogP contribution in [-0.2, 0) is 0 Å². The van der Waals surface area contributed by atoms with E-state index in [-0.39, 0.29) is 17.2 Å². The number of anilines is 1. The SMILES string of the molecule is CC(C)(O)[C@@H](Nc1cc(C(F)F)nc2ncnn12)c1ccc(OC(F)F)c(F)c1. The van der Waals surface area contributed by atoms with Gasteiger partial charge in [0.15, 0.2) is 11.6 Å². The van der Waals surface area contributed by atoms with Crippen LogP contribution in [0, 0.1) is 5.82 Å². The average molecular weight is 417 g/mol. The molecule has 156 valence electrons. The Bertz CT molecular complexity index is 1010. The molecule has 2 N–H and O–H groups in total. The van der Waals surface area contributed by atoms with Gasteiger partial charge in [0.1, 0.15) is 17.8 Å². The first-order chi connectivity index (χ1) is 13.6. The van der Waals surface area contributed by atoms with Gasteiger partial charge in [-0.25, -0.2) is 18.2 Å². The maximum atomic E-state index is 14.2. The fourth-order valence-corrected chi connectivity index (χ4v) is 2.75. The molecule has 0 aliphatic heterocycles. The first kappa shape index (κ1) is 20.7. The number of ether oxygens (including phenoxy) is 1. The molecule has 29 heavy (non-hydrogen) atoms. The van der Waals surface area contributed by atoms with E-state index in [1.807, 2.05) is 0 Å². The van der Waals surface area contributed by atoms with E-state index in [9.17, 15) is 27.1 Å². The molecule has 12 heteroatoms. The van der Waals surface area contributed by atoms with Gasteiger partial charge >= 0.3 is 6.61 Å². The molecule has 1 aromatic carbocycles. The van der Waals surface area contributed by atoms with Crippen molar-refractivity contribution in [1.82, 2.24) is 19.6 Å². The number of halogens is 5. The van der Waals surface area contributed by atoms with E-state index >= 15 is 0 Å². The van der Waals surface area contributed by atoms with Crippen molar-refractivity contribution in [2.45, 2.75) is 38.5 Å². The van der Waals surface area contributed by atoms with Gasteiger partial charge in [0, 0.05) is 6.07 Å². The van der Waals surface area contributed by atoms with Gasteiger partial charge in [-0.2, -0.15) is 23.4 Å². The maximum absolute atomic E-state index is 14.2. The van der Waals surface area contributed by atoms with Crippen LogP contribution in [0.1, 0.15) is 37.6 Å². The zero-order valence-corrected chi connectivity index (χ0v) is 15.2. The Labute approximate surface area is 161 Å². The summed E-state index contributed by atoms with van der Waals surface area (Å²) in [5, 5.41) is 17.3. The molecule has 0 saturated carbocycles. The molecular formula is C17H16F5N5O2. The minimum Gasteiger partial charge on any atom is -0.432 e. The van der Waals surface area contributed by atoms with Crippen molar-refractivity contribution in [2.24, 2.45) is 0 Å². The van der Waals surface area contributed by atoms with Crippen LogP contribution < -0.4 is 10.1 Å². The minimum atomic E-state index is -3.20. The Kier molecular flexibility index (Phi) is 5.55. The number of hydrogen-bond acceptors (Lipinski definition) is 6. The first-order valence-electron chi connectivity index (χ1n) is 8.28. The predicted octanol–water partition coefficient (Wildman–Crippen LogP) is 3.73. The van der Waals surface area contributed by atoms with Gasteiger partial charge in [0.25, 0.3) is 12.2 Å². The zero-order valence-electron chi connectivity index (χ0n) is 15.2. The Morgan fingerprint density at radius 2 is 1.90 bits per heavy atom. The van der Waals surface area contributed by atoms with E-state index in [0.717, 1.165) is 29.0 Å². The molecule has 3 rings (SSSR count). The Morgan fingerprint density at radius 3 is 2.48 bits per heavy atom. The number of hydrogen-bond donors (Lipinski definition) is 2. The summed E-state index contributed by atoms with van der Waals surface area (Å²) >= 11 is 0. The molecule has 0 aliphatic rings. The van der Waals surface area contributed by atoms with Crippen LogP contribution in [0.15, 0.2) is 30.6 Å². The van der Waals surface area contributed by atoms with Crippen LogP contribution in [0.2, 0.25) is 0 Å². The molecule has 1 atom stereocenters. The van der Waals surface area contributed by atoms with E-state index in [4.69, 9.17) is 0 Å². The van der Waals surface area contributed by atoms with E-state index in [1.54, 1.807) is 0 Å². The molecule has 0 radical (unpaired) electrons. The van der Waals surface area contributed by atoms with Gasteiger partial charge in [0.2, 0.25) is 0 Å². The third kappa shape index (κ3) is 4.53. The zero-order chi connectivity index (χ0) is 21.3. The normalized spacial score (nSPS) is 13.3. The standard InChI is InChI=1S/C17H16F5N5O2/c1-17(2,28)13(8-3-4-11(9(18)5-8)29-15(21)22)26-12-6-10(14(19)20)25-16-23-7-24-27(12)16/h3-7,13-15,26,28H,1-2H3/t13-/m0/s1. The van der Waals surface area contributed by atoms with Crippen molar-refractivity contribution in [1.29, 1.82) is 0 Å². The molecular weight excluding hydrogens is 401 g/mol. The average Bonchev–Trinajstić information content (AvgIpc) is 3.08. The molecule has 0 aliphatic carbocycles. The molecule has 0 fully saturated rings. The number of aromatic nitrogens is 4. The summed E-state index contributed by atoms with van der Waals surface area (Å²) in [6.45, 7) is -0.400. The monoisotopic (exact) mass is 417 g/mol. The number of aliphatic hydroxyl groups is 1. The fraction of sp³-hybridized carbons (Fsp3) is 0.353. The number of nitrogens with one attached hydrogen (secondary N) is 1. The van der Waals surface area contributed by atoms with Crippen molar-refractivity contribution in [3.8, 4) is 5.75 Å². The van der Waals surface area contributed by atoms with E-state index in [2.05, 4.69) is 25.1 Å². The van der Waals surface area contributed by atoms with E-state index in [0.29, 0.717) is 0 Å². The molecule has 0 bridgehead atoms. The van der Waals surface area contributed by atoms with Crippen molar-refractivity contribution in [3.63, 3.8) is 0 Å². The van der Waals surface area contributed by atoms with Gasteiger partial charge in [-0.15, -0.1) is 0 Å². The molecule has 0 saturated heterocycles. The molecule has 0 amide bonds. The Balaban J connectivity index is 2.03. The Morgan fingerprint density at radius 1 is 1.17 bits per heavy atom. The quantitative estimate of drug-likeness (QED) is 0.570. The summed E-state index contributed by atoms with van der Waals surface area (Å²) in [5.41, 5.74) is -1.95.